The molecule has 0 heterocycles. The first kappa shape index (κ1) is 17.7. The lowest BCUT2D eigenvalue weighted by Crippen LogP contribution is -2.26. The number of nitrogens with zero attached hydrogens (tertiary/aromatic N) is 1. The lowest BCUT2D eigenvalue weighted by atomic mass is 10.1. The number of sulfonamides is 1. The van der Waals surface area contributed by atoms with E-state index in [1.54, 1.807) is 12.1 Å². The van der Waals surface area contributed by atoms with E-state index in [1.807, 2.05) is 32.0 Å². The summed E-state index contributed by atoms with van der Waals surface area (Å²) >= 11 is 0. The number of aryl methyl sites for hydroxylation is 2. The molecule has 0 bridgehead atoms. The molecule has 0 aromatic heterocycles. The molecular formula is C18H19NO4S. The van der Waals surface area contributed by atoms with Crippen molar-refractivity contribution in [1.82, 2.24) is 0 Å². The van der Waals surface area contributed by atoms with Gasteiger partial charge in [0.2, 0.25) is 0 Å². The number of para-hydroxylation sites is 1. The van der Waals surface area contributed by atoms with Crippen molar-refractivity contribution in [3.05, 3.63) is 70.1 Å². The minimum Gasteiger partial charge on any atom is -0.478 e. The maximum absolute atomic E-state index is 12.5. The maximum Gasteiger partial charge on any atom is 0.337 e. The highest BCUT2D eigenvalue weighted by Gasteiger charge is 2.20. The Bertz CT molecular complexity index is 901. The molecule has 0 saturated carbocycles. The molecule has 2 rings (SSSR count). The zero-order chi connectivity index (χ0) is 17.9. The molecule has 0 aliphatic carbocycles. The SMILES string of the molecule is Cc1ccc(/C=C/S(=O)(=O)N(C)c2ccccc2C(=O)O)cc1C. The van der Waals surface area contributed by atoms with E-state index in [-0.39, 0.29) is 11.3 Å². The first-order valence-electron chi connectivity index (χ1n) is 7.29. The van der Waals surface area contributed by atoms with Crippen LogP contribution in [0.15, 0.2) is 47.9 Å². The Morgan fingerprint density at radius 2 is 1.75 bits per heavy atom. The van der Waals surface area contributed by atoms with Gasteiger partial charge in [0.25, 0.3) is 10.0 Å². The second-order valence-electron chi connectivity index (χ2n) is 5.48. The predicted octanol–water partition coefficient (Wildman–Crippen LogP) is 3.44. The highest BCUT2D eigenvalue weighted by molar-refractivity contribution is 7.95. The molecule has 2 aromatic carbocycles. The molecule has 0 aliphatic heterocycles. The number of aromatic carboxylic acids is 1. The van der Waals surface area contributed by atoms with Crippen LogP contribution in [-0.2, 0) is 10.0 Å². The quantitative estimate of drug-likeness (QED) is 0.901. The van der Waals surface area contributed by atoms with Gasteiger partial charge in [-0.1, -0.05) is 30.3 Å². The molecule has 2 aromatic rings. The highest BCUT2D eigenvalue weighted by Crippen LogP contribution is 2.23. The van der Waals surface area contributed by atoms with Crippen molar-refractivity contribution >= 4 is 27.8 Å². The van der Waals surface area contributed by atoms with Crippen LogP contribution in [0.1, 0.15) is 27.0 Å². The molecule has 0 amide bonds. The summed E-state index contributed by atoms with van der Waals surface area (Å²) in [5.41, 5.74) is 3.01. The normalized spacial score (nSPS) is 11.6. The number of carboxylic acid groups (broad SMARTS) is 1. The van der Waals surface area contributed by atoms with Gasteiger partial charge < -0.3 is 5.11 Å². The van der Waals surface area contributed by atoms with Crippen molar-refractivity contribution in [3.8, 4) is 0 Å². The van der Waals surface area contributed by atoms with Crippen LogP contribution < -0.4 is 4.31 Å². The fourth-order valence-corrected chi connectivity index (χ4v) is 3.14. The second-order valence-corrected chi connectivity index (χ2v) is 7.33. The van der Waals surface area contributed by atoms with Crippen molar-refractivity contribution in [2.45, 2.75) is 13.8 Å². The summed E-state index contributed by atoms with van der Waals surface area (Å²) in [7, 11) is -2.47. The average Bonchev–Trinajstić information content (AvgIpc) is 2.55. The Hall–Kier alpha value is -2.60. The first-order chi connectivity index (χ1) is 11.2. The van der Waals surface area contributed by atoms with E-state index in [2.05, 4.69) is 0 Å². The summed E-state index contributed by atoms with van der Waals surface area (Å²) < 4.78 is 25.9. The van der Waals surface area contributed by atoms with Crippen molar-refractivity contribution in [1.29, 1.82) is 0 Å². The van der Waals surface area contributed by atoms with Gasteiger partial charge in [-0.2, -0.15) is 0 Å². The third-order valence-corrected chi connectivity index (χ3v) is 5.26. The van der Waals surface area contributed by atoms with E-state index >= 15 is 0 Å². The summed E-state index contributed by atoms with van der Waals surface area (Å²) in [6.45, 7) is 3.94. The molecular weight excluding hydrogens is 326 g/mol. The third kappa shape index (κ3) is 3.83. The Balaban J connectivity index is 2.35. The van der Waals surface area contributed by atoms with Crippen molar-refractivity contribution in [3.63, 3.8) is 0 Å². The van der Waals surface area contributed by atoms with Gasteiger partial charge in [0.15, 0.2) is 0 Å². The van der Waals surface area contributed by atoms with Gasteiger partial charge >= 0.3 is 5.97 Å². The Labute approximate surface area is 141 Å². The molecule has 0 saturated heterocycles. The molecule has 6 heteroatoms. The number of carbonyl (C=O) groups is 1. The monoisotopic (exact) mass is 345 g/mol. The summed E-state index contributed by atoms with van der Waals surface area (Å²) in [6, 6.07) is 11.6. The highest BCUT2D eigenvalue weighted by atomic mass is 32.2. The van der Waals surface area contributed by atoms with Gasteiger partial charge in [-0.05, 0) is 48.7 Å². The smallest absolute Gasteiger partial charge is 0.337 e. The van der Waals surface area contributed by atoms with Crippen LogP contribution in [0.5, 0.6) is 0 Å². The molecule has 0 spiro atoms. The molecule has 1 N–H and O–H groups in total. The average molecular weight is 345 g/mol. The fourth-order valence-electron chi connectivity index (χ4n) is 2.19. The largest absolute Gasteiger partial charge is 0.478 e. The van der Waals surface area contributed by atoms with Crippen LogP contribution >= 0.6 is 0 Å². The van der Waals surface area contributed by atoms with Crippen LogP contribution in [0.2, 0.25) is 0 Å². The molecule has 5 nitrogen and oxygen atoms in total. The third-order valence-electron chi connectivity index (χ3n) is 3.82. The van der Waals surface area contributed by atoms with Gasteiger partial charge in [0, 0.05) is 7.05 Å². The van der Waals surface area contributed by atoms with E-state index in [0.717, 1.165) is 26.4 Å². The minimum absolute atomic E-state index is 0.0665. The van der Waals surface area contributed by atoms with Crippen molar-refractivity contribution in [2.75, 3.05) is 11.4 Å². The van der Waals surface area contributed by atoms with Crippen molar-refractivity contribution in [2.24, 2.45) is 0 Å². The van der Waals surface area contributed by atoms with Gasteiger partial charge in [-0.25, -0.2) is 13.2 Å². The Kier molecular flexibility index (Phi) is 5.09. The molecule has 24 heavy (non-hydrogen) atoms. The lowest BCUT2D eigenvalue weighted by molar-refractivity contribution is 0.0698. The molecule has 0 atom stereocenters. The van der Waals surface area contributed by atoms with Gasteiger partial charge in [-0.15, -0.1) is 0 Å². The van der Waals surface area contributed by atoms with Crippen LogP contribution in [0.3, 0.4) is 0 Å². The van der Waals surface area contributed by atoms with Gasteiger partial charge in [0.05, 0.1) is 16.7 Å². The number of benzene rings is 2. The van der Waals surface area contributed by atoms with Crippen LogP contribution in [0, 0.1) is 13.8 Å². The zero-order valence-electron chi connectivity index (χ0n) is 13.7. The van der Waals surface area contributed by atoms with E-state index in [0.29, 0.717) is 0 Å². The number of hydrogen-bond donors (Lipinski definition) is 1. The van der Waals surface area contributed by atoms with E-state index in [4.69, 9.17) is 0 Å². The Morgan fingerprint density at radius 3 is 2.38 bits per heavy atom. The zero-order valence-corrected chi connectivity index (χ0v) is 14.5. The molecule has 0 aliphatic rings. The summed E-state index contributed by atoms with van der Waals surface area (Å²) in [6.07, 6.45) is 1.50. The maximum atomic E-state index is 12.5. The standard InChI is InChI=1S/C18H19NO4S/c1-13-8-9-15(12-14(13)2)10-11-24(22,23)19(3)17-7-5-4-6-16(17)18(20)21/h4-12H,1-3H3,(H,20,21)/b11-10+. The molecule has 0 radical (unpaired) electrons. The summed E-state index contributed by atoms with van der Waals surface area (Å²) in [5.74, 6) is -1.18. The molecule has 0 unspecified atom stereocenters. The fraction of sp³-hybridized carbons (Fsp3) is 0.167. The van der Waals surface area contributed by atoms with Gasteiger partial charge in [-0.3, -0.25) is 4.31 Å². The summed E-state index contributed by atoms with van der Waals surface area (Å²) in [4.78, 5) is 11.3. The molecule has 0 fully saturated rings. The number of carboxylic acids is 1. The predicted molar refractivity (Wildman–Crippen MR) is 95.7 cm³/mol. The first-order valence-corrected chi connectivity index (χ1v) is 8.79. The summed E-state index contributed by atoms with van der Waals surface area (Å²) in [5, 5.41) is 10.3. The Morgan fingerprint density at radius 1 is 1.08 bits per heavy atom. The van der Waals surface area contributed by atoms with E-state index in [9.17, 15) is 18.3 Å². The van der Waals surface area contributed by atoms with Crippen LogP contribution in [0.4, 0.5) is 5.69 Å². The topological polar surface area (TPSA) is 74.7 Å². The van der Waals surface area contributed by atoms with E-state index in [1.165, 1.54) is 25.3 Å². The minimum atomic E-state index is -3.80. The van der Waals surface area contributed by atoms with Crippen LogP contribution in [-0.4, -0.2) is 26.5 Å². The number of rotatable bonds is 5. The van der Waals surface area contributed by atoms with Gasteiger partial charge in [0.1, 0.15) is 0 Å². The van der Waals surface area contributed by atoms with E-state index < -0.39 is 16.0 Å². The van der Waals surface area contributed by atoms with Crippen LogP contribution in [0.25, 0.3) is 6.08 Å². The number of hydrogen-bond acceptors (Lipinski definition) is 3. The molecule has 126 valence electrons. The second kappa shape index (κ2) is 6.88. The number of anilines is 1. The lowest BCUT2D eigenvalue weighted by Gasteiger charge is -2.19. The van der Waals surface area contributed by atoms with Crippen molar-refractivity contribution < 1.29 is 18.3 Å².